The maximum absolute atomic E-state index is 13.0. The first kappa shape index (κ1) is 15.8. The zero-order valence-electron chi connectivity index (χ0n) is 14.4. The molecule has 0 saturated carbocycles. The second kappa shape index (κ2) is 5.12. The summed E-state index contributed by atoms with van der Waals surface area (Å²) in [6, 6.07) is 3.85. The van der Waals surface area contributed by atoms with Crippen LogP contribution in [0.2, 0.25) is 0 Å². The highest BCUT2D eigenvalue weighted by molar-refractivity contribution is 5.97. The highest BCUT2D eigenvalue weighted by atomic mass is 16.7. The van der Waals surface area contributed by atoms with E-state index in [2.05, 4.69) is 4.85 Å². The normalized spacial score (nSPS) is 33.4. The minimum atomic E-state index is -0.866. The minimum Gasteiger partial charge on any atom is -0.454 e. The quantitative estimate of drug-likeness (QED) is 0.728. The molecule has 0 N–H and O–H groups in total. The van der Waals surface area contributed by atoms with Gasteiger partial charge in [0.25, 0.3) is 5.54 Å². The van der Waals surface area contributed by atoms with E-state index in [1.165, 1.54) is 4.90 Å². The third-order valence-corrected chi connectivity index (χ3v) is 5.60. The summed E-state index contributed by atoms with van der Waals surface area (Å²) in [6.07, 6.45) is 0.331. The molecule has 0 unspecified atom stereocenters. The van der Waals surface area contributed by atoms with Gasteiger partial charge in [0.15, 0.2) is 11.5 Å². The van der Waals surface area contributed by atoms with E-state index in [0.717, 1.165) is 5.56 Å². The molecule has 0 radical (unpaired) electrons. The Hall–Kier alpha value is -2.75. The molecule has 7 heteroatoms. The Morgan fingerprint density at radius 3 is 2.68 bits per heavy atom. The zero-order valence-corrected chi connectivity index (χ0v) is 14.4. The number of fused-ring (bicyclic) bond motifs is 2. The van der Waals surface area contributed by atoms with Gasteiger partial charge in [0, 0.05) is 14.0 Å². The third-order valence-electron chi connectivity index (χ3n) is 5.60. The number of hydrogen-bond acceptors (Lipinski definition) is 4. The number of nitrogens with zero attached hydrogens (tertiary/aromatic N) is 3. The van der Waals surface area contributed by atoms with Crippen LogP contribution in [0.3, 0.4) is 0 Å². The van der Waals surface area contributed by atoms with Crippen LogP contribution in [-0.4, -0.2) is 53.1 Å². The molecular weight excluding hydrogens is 322 g/mol. The van der Waals surface area contributed by atoms with E-state index in [-0.39, 0.29) is 18.6 Å². The van der Waals surface area contributed by atoms with E-state index >= 15 is 0 Å². The number of likely N-dealkylation sites (N-methyl/N-ethyl adjacent to an activating group) is 1. The lowest BCUT2D eigenvalue weighted by Crippen LogP contribution is -2.60. The van der Waals surface area contributed by atoms with Gasteiger partial charge in [-0.05, 0) is 24.6 Å². The average Bonchev–Trinajstić information content (AvgIpc) is 3.20. The molecule has 2 saturated heterocycles. The van der Waals surface area contributed by atoms with Gasteiger partial charge in [-0.15, -0.1) is 0 Å². The van der Waals surface area contributed by atoms with Gasteiger partial charge >= 0.3 is 0 Å². The largest absolute Gasteiger partial charge is 0.454 e. The number of hydrogen-bond donors (Lipinski definition) is 0. The SMILES string of the molecule is [C-]#[N+][C@]1(C)C[C@@H]2C(=O)N(C)[C@@H](C)C(=O)N2[C@@H]1c1ccc2c(c1)OCO2. The Kier molecular flexibility index (Phi) is 3.23. The van der Waals surface area contributed by atoms with Crippen molar-refractivity contribution in [3.05, 3.63) is 35.2 Å². The van der Waals surface area contributed by atoms with Gasteiger partial charge in [-0.3, -0.25) is 9.59 Å². The summed E-state index contributed by atoms with van der Waals surface area (Å²) in [5.41, 5.74) is -0.0719. The van der Waals surface area contributed by atoms with Gasteiger partial charge in [-0.2, -0.15) is 0 Å². The van der Waals surface area contributed by atoms with Crippen molar-refractivity contribution in [2.24, 2.45) is 0 Å². The molecule has 0 aromatic heterocycles. The van der Waals surface area contributed by atoms with Gasteiger partial charge < -0.3 is 24.1 Å². The molecule has 2 amide bonds. The summed E-state index contributed by atoms with van der Waals surface area (Å²) >= 11 is 0. The second-order valence-corrected chi connectivity index (χ2v) is 7.07. The first-order valence-corrected chi connectivity index (χ1v) is 8.24. The standard InChI is InChI=1S/C18H19N3O4/c1-10-16(22)21-12(17(23)20(10)4)8-18(2,19-3)15(21)11-5-6-13-14(7-11)25-9-24-13/h5-7,10,12,15H,8-9H2,1-2,4H3/t10-,12+,15+,18+/m0/s1. The minimum absolute atomic E-state index is 0.106. The Morgan fingerprint density at radius 2 is 1.96 bits per heavy atom. The van der Waals surface area contributed by atoms with E-state index in [1.807, 2.05) is 19.1 Å². The number of benzene rings is 1. The van der Waals surface area contributed by atoms with E-state index < -0.39 is 23.7 Å². The molecule has 7 nitrogen and oxygen atoms in total. The van der Waals surface area contributed by atoms with Gasteiger partial charge in [0.05, 0.1) is 6.42 Å². The van der Waals surface area contributed by atoms with Crippen molar-refractivity contribution in [2.75, 3.05) is 13.8 Å². The highest BCUT2D eigenvalue weighted by Gasteiger charge is 2.62. The monoisotopic (exact) mass is 341 g/mol. The fourth-order valence-electron chi connectivity index (χ4n) is 4.09. The lowest BCUT2D eigenvalue weighted by molar-refractivity contribution is -0.159. The van der Waals surface area contributed by atoms with E-state index in [0.29, 0.717) is 17.9 Å². The topological polar surface area (TPSA) is 63.4 Å². The predicted octanol–water partition coefficient (Wildman–Crippen LogP) is 1.60. The first-order chi connectivity index (χ1) is 11.9. The Balaban J connectivity index is 1.83. The lowest BCUT2D eigenvalue weighted by atomic mass is 9.87. The van der Waals surface area contributed by atoms with Crippen LogP contribution in [0.25, 0.3) is 4.85 Å². The molecule has 0 aliphatic carbocycles. The molecule has 3 aliphatic heterocycles. The van der Waals surface area contributed by atoms with Crippen molar-refractivity contribution in [1.82, 2.24) is 9.80 Å². The molecule has 0 spiro atoms. The van der Waals surface area contributed by atoms with Gasteiger partial charge in [0.2, 0.25) is 18.6 Å². The number of piperazine rings is 1. The summed E-state index contributed by atoms with van der Waals surface area (Å²) < 4.78 is 10.8. The van der Waals surface area contributed by atoms with Gasteiger partial charge in [0.1, 0.15) is 18.1 Å². The number of amides is 2. The Morgan fingerprint density at radius 1 is 1.24 bits per heavy atom. The third kappa shape index (κ3) is 2.03. The summed E-state index contributed by atoms with van der Waals surface area (Å²) in [7, 11) is 1.64. The molecule has 4 rings (SSSR count). The van der Waals surface area contributed by atoms with Gasteiger partial charge in [-0.25, -0.2) is 6.57 Å². The maximum atomic E-state index is 13.0. The van der Waals surface area contributed by atoms with Crippen molar-refractivity contribution in [3.63, 3.8) is 0 Å². The van der Waals surface area contributed by atoms with E-state index in [4.69, 9.17) is 16.0 Å². The molecule has 1 aromatic rings. The molecule has 0 bridgehead atoms. The van der Waals surface area contributed by atoms with Crippen molar-refractivity contribution in [3.8, 4) is 11.5 Å². The summed E-state index contributed by atoms with van der Waals surface area (Å²) in [6.45, 7) is 11.4. The number of rotatable bonds is 1. The van der Waals surface area contributed by atoms with Crippen molar-refractivity contribution < 1.29 is 19.1 Å². The fraction of sp³-hybridized carbons (Fsp3) is 0.500. The van der Waals surface area contributed by atoms with Crippen molar-refractivity contribution >= 4 is 11.8 Å². The molecule has 4 atom stereocenters. The molecule has 25 heavy (non-hydrogen) atoms. The maximum Gasteiger partial charge on any atom is 0.256 e. The highest BCUT2D eigenvalue weighted by Crippen LogP contribution is 2.50. The molecular formula is C18H19N3O4. The van der Waals surface area contributed by atoms with E-state index in [9.17, 15) is 9.59 Å². The van der Waals surface area contributed by atoms with E-state index in [1.54, 1.807) is 24.9 Å². The smallest absolute Gasteiger partial charge is 0.256 e. The van der Waals surface area contributed by atoms with Crippen LogP contribution in [0.1, 0.15) is 31.9 Å². The van der Waals surface area contributed by atoms with Crippen LogP contribution in [0, 0.1) is 6.57 Å². The summed E-state index contributed by atoms with van der Waals surface area (Å²) in [4.78, 5) is 32.6. The molecule has 2 fully saturated rings. The van der Waals surface area contributed by atoms with Crippen LogP contribution < -0.4 is 9.47 Å². The van der Waals surface area contributed by atoms with Crippen LogP contribution in [0.5, 0.6) is 11.5 Å². The molecule has 1 aromatic carbocycles. The van der Waals surface area contributed by atoms with Gasteiger partial charge in [-0.1, -0.05) is 6.07 Å². The summed E-state index contributed by atoms with van der Waals surface area (Å²) in [5.74, 6) is 1.03. The van der Waals surface area contributed by atoms with Crippen LogP contribution in [0.4, 0.5) is 0 Å². The Bertz CT molecular complexity index is 817. The van der Waals surface area contributed by atoms with Crippen molar-refractivity contribution in [1.29, 1.82) is 0 Å². The van der Waals surface area contributed by atoms with Crippen LogP contribution in [0.15, 0.2) is 18.2 Å². The average molecular weight is 341 g/mol. The number of ether oxygens (including phenoxy) is 2. The zero-order chi connectivity index (χ0) is 17.9. The number of carbonyl (C=O) groups excluding carboxylic acids is 2. The van der Waals surface area contributed by atoms with Crippen LogP contribution in [-0.2, 0) is 9.59 Å². The molecule has 3 aliphatic rings. The Labute approximate surface area is 145 Å². The lowest BCUT2D eigenvalue weighted by Gasteiger charge is -2.41. The molecule has 3 heterocycles. The predicted molar refractivity (Wildman–Crippen MR) is 87.8 cm³/mol. The summed E-state index contributed by atoms with van der Waals surface area (Å²) in [5, 5.41) is 0. The molecule has 130 valence electrons. The second-order valence-electron chi connectivity index (χ2n) is 7.07. The number of carbonyl (C=O) groups is 2. The van der Waals surface area contributed by atoms with Crippen LogP contribution >= 0.6 is 0 Å². The first-order valence-electron chi connectivity index (χ1n) is 8.24. The van der Waals surface area contributed by atoms with Crippen molar-refractivity contribution in [2.45, 2.75) is 43.9 Å². The fourth-order valence-corrected chi connectivity index (χ4v) is 4.09.